The van der Waals surface area contributed by atoms with E-state index in [-0.39, 0.29) is 39.3 Å². The normalized spacial score (nSPS) is 14.6. The third kappa shape index (κ3) is 3.67. The number of esters is 1. The van der Waals surface area contributed by atoms with Gasteiger partial charge in [-0.05, 0) is 29.8 Å². The second kappa shape index (κ2) is 7.45. The van der Waals surface area contributed by atoms with Crippen molar-refractivity contribution in [3.63, 3.8) is 0 Å². The van der Waals surface area contributed by atoms with Crippen molar-refractivity contribution in [2.75, 3.05) is 7.11 Å². The van der Waals surface area contributed by atoms with Gasteiger partial charge in [-0.15, -0.1) is 0 Å². The Hall–Kier alpha value is -3.79. The molecule has 28 heavy (non-hydrogen) atoms. The number of cyclic esters (lactones) is 1. The molecule has 1 aliphatic heterocycles. The summed E-state index contributed by atoms with van der Waals surface area (Å²) in [5.41, 5.74) is -0.242. The molecule has 0 fully saturated rings. The molecule has 0 spiro atoms. The zero-order valence-corrected chi connectivity index (χ0v) is 14.9. The summed E-state index contributed by atoms with van der Waals surface area (Å²) in [6.45, 7) is 0. The molecule has 1 aliphatic rings. The number of ether oxygens (including phenoxy) is 2. The molecule has 0 amide bonds. The molecule has 1 heterocycles. The van der Waals surface area contributed by atoms with E-state index in [4.69, 9.17) is 21.1 Å². The van der Waals surface area contributed by atoms with E-state index in [0.717, 1.165) is 6.07 Å². The van der Waals surface area contributed by atoms with Gasteiger partial charge in [-0.2, -0.15) is 0 Å². The lowest BCUT2D eigenvalue weighted by Gasteiger charge is -2.02. The number of carbonyl (C=O) groups excluding carboxylic acids is 1. The fourth-order valence-electron chi connectivity index (χ4n) is 2.42. The van der Waals surface area contributed by atoms with Crippen LogP contribution in [0.4, 0.5) is 11.4 Å². The van der Waals surface area contributed by atoms with Crippen LogP contribution in [0.5, 0.6) is 5.75 Å². The second-order valence-corrected chi connectivity index (χ2v) is 5.85. The highest BCUT2D eigenvalue weighted by Gasteiger charge is 2.26. The van der Waals surface area contributed by atoms with Crippen LogP contribution in [0.2, 0.25) is 5.02 Å². The lowest BCUT2D eigenvalue weighted by molar-refractivity contribution is -0.385. The van der Waals surface area contributed by atoms with Crippen molar-refractivity contribution in [1.82, 2.24) is 0 Å². The van der Waals surface area contributed by atoms with E-state index in [1.807, 2.05) is 0 Å². The summed E-state index contributed by atoms with van der Waals surface area (Å²) in [6, 6.07) is 7.96. The van der Waals surface area contributed by atoms with Crippen molar-refractivity contribution in [2.24, 2.45) is 4.99 Å². The molecule has 10 nitrogen and oxygen atoms in total. The van der Waals surface area contributed by atoms with Crippen molar-refractivity contribution in [3.05, 3.63) is 78.5 Å². The Morgan fingerprint density at radius 1 is 1.11 bits per heavy atom. The van der Waals surface area contributed by atoms with Gasteiger partial charge in [-0.25, -0.2) is 9.79 Å². The first kappa shape index (κ1) is 19.0. The first-order valence-electron chi connectivity index (χ1n) is 7.59. The molecule has 0 aromatic heterocycles. The SMILES string of the molecule is COc1ccc(/C=C2/N=C(c3ccc(Cl)c([N+](=O)[O-])c3)OC2=O)cc1[N+](=O)[O-]. The van der Waals surface area contributed by atoms with Gasteiger partial charge in [0.2, 0.25) is 5.90 Å². The smallest absolute Gasteiger partial charge is 0.363 e. The van der Waals surface area contributed by atoms with Gasteiger partial charge in [0.25, 0.3) is 5.69 Å². The van der Waals surface area contributed by atoms with Crippen molar-refractivity contribution < 1.29 is 24.1 Å². The maximum absolute atomic E-state index is 12.1. The highest BCUT2D eigenvalue weighted by molar-refractivity contribution is 6.32. The minimum Gasteiger partial charge on any atom is -0.490 e. The third-order valence-corrected chi connectivity index (χ3v) is 4.03. The van der Waals surface area contributed by atoms with Gasteiger partial charge in [0.1, 0.15) is 5.02 Å². The average Bonchev–Trinajstić information content (AvgIpc) is 3.02. The second-order valence-electron chi connectivity index (χ2n) is 5.45. The van der Waals surface area contributed by atoms with E-state index in [9.17, 15) is 25.0 Å². The molecule has 0 aliphatic carbocycles. The number of benzene rings is 2. The third-order valence-electron chi connectivity index (χ3n) is 3.71. The van der Waals surface area contributed by atoms with Crippen molar-refractivity contribution in [2.45, 2.75) is 0 Å². The van der Waals surface area contributed by atoms with Crippen LogP contribution < -0.4 is 4.74 Å². The zero-order valence-electron chi connectivity index (χ0n) is 14.1. The zero-order chi connectivity index (χ0) is 20.4. The van der Waals surface area contributed by atoms with Gasteiger partial charge < -0.3 is 9.47 Å². The van der Waals surface area contributed by atoms with Crippen LogP contribution in [0.25, 0.3) is 6.08 Å². The number of hydrogen-bond donors (Lipinski definition) is 0. The molecule has 2 aromatic carbocycles. The van der Waals surface area contributed by atoms with Crippen LogP contribution in [0.15, 0.2) is 47.1 Å². The summed E-state index contributed by atoms with van der Waals surface area (Å²) < 4.78 is 9.97. The van der Waals surface area contributed by atoms with Crippen molar-refractivity contribution >= 4 is 40.9 Å². The number of hydrogen-bond acceptors (Lipinski definition) is 8. The van der Waals surface area contributed by atoms with E-state index in [0.29, 0.717) is 5.56 Å². The Labute approximate surface area is 162 Å². The number of rotatable bonds is 5. The van der Waals surface area contributed by atoms with Gasteiger partial charge in [0, 0.05) is 17.7 Å². The number of carbonyl (C=O) groups is 1. The van der Waals surface area contributed by atoms with Crippen LogP contribution in [0.1, 0.15) is 11.1 Å². The summed E-state index contributed by atoms with van der Waals surface area (Å²) in [4.78, 5) is 36.9. The Balaban J connectivity index is 1.98. The number of aliphatic imine (C=N–C) groups is 1. The highest BCUT2D eigenvalue weighted by atomic mass is 35.5. The van der Waals surface area contributed by atoms with Crippen LogP contribution >= 0.6 is 11.6 Å². The molecule has 0 saturated heterocycles. The molecule has 142 valence electrons. The topological polar surface area (TPSA) is 134 Å². The number of nitro benzene ring substituents is 2. The number of nitrogens with zero attached hydrogens (tertiary/aromatic N) is 3. The first-order chi connectivity index (χ1) is 13.3. The maximum Gasteiger partial charge on any atom is 0.363 e. The van der Waals surface area contributed by atoms with Crippen molar-refractivity contribution in [1.29, 1.82) is 0 Å². The first-order valence-corrected chi connectivity index (χ1v) is 7.97. The Morgan fingerprint density at radius 3 is 2.46 bits per heavy atom. The minimum absolute atomic E-state index is 0.0683. The Kier molecular flexibility index (Phi) is 5.05. The molecule has 0 saturated carbocycles. The lowest BCUT2D eigenvalue weighted by Crippen LogP contribution is -2.06. The molecule has 0 atom stereocenters. The van der Waals surface area contributed by atoms with E-state index >= 15 is 0 Å². The number of halogens is 1. The predicted octanol–water partition coefficient (Wildman–Crippen LogP) is 3.51. The molecular weight excluding hydrogens is 394 g/mol. The van der Waals surface area contributed by atoms with Gasteiger partial charge in [0.05, 0.1) is 17.0 Å². The fourth-order valence-corrected chi connectivity index (χ4v) is 2.60. The Morgan fingerprint density at radius 2 is 1.82 bits per heavy atom. The van der Waals surface area contributed by atoms with Crippen molar-refractivity contribution in [3.8, 4) is 5.75 Å². The van der Waals surface area contributed by atoms with Gasteiger partial charge >= 0.3 is 11.7 Å². The highest BCUT2D eigenvalue weighted by Crippen LogP contribution is 2.30. The van der Waals surface area contributed by atoms with E-state index < -0.39 is 15.8 Å². The molecule has 0 unspecified atom stereocenters. The summed E-state index contributed by atoms with van der Waals surface area (Å²) in [5, 5.41) is 22.0. The summed E-state index contributed by atoms with van der Waals surface area (Å²) in [6.07, 6.45) is 1.30. The summed E-state index contributed by atoms with van der Waals surface area (Å²) >= 11 is 5.76. The molecule has 0 bridgehead atoms. The van der Waals surface area contributed by atoms with E-state index in [1.165, 1.54) is 43.5 Å². The molecule has 2 aromatic rings. The quantitative estimate of drug-likeness (QED) is 0.322. The fraction of sp³-hybridized carbons (Fsp3) is 0.0588. The lowest BCUT2D eigenvalue weighted by atomic mass is 10.1. The van der Waals surface area contributed by atoms with Gasteiger partial charge in [-0.3, -0.25) is 20.2 Å². The molecule has 11 heteroatoms. The number of methoxy groups -OCH3 is 1. The maximum atomic E-state index is 12.1. The summed E-state index contributed by atoms with van der Waals surface area (Å²) in [7, 11) is 1.30. The largest absolute Gasteiger partial charge is 0.490 e. The summed E-state index contributed by atoms with van der Waals surface area (Å²) in [5.74, 6) is -0.871. The van der Waals surface area contributed by atoms with Crippen LogP contribution in [0, 0.1) is 20.2 Å². The monoisotopic (exact) mass is 403 g/mol. The van der Waals surface area contributed by atoms with Crippen LogP contribution in [0.3, 0.4) is 0 Å². The van der Waals surface area contributed by atoms with Crippen LogP contribution in [-0.4, -0.2) is 28.8 Å². The minimum atomic E-state index is -0.800. The standard InChI is InChI=1S/C17H10ClN3O7/c1-27-15-5-2-9(7-14(15)21(25)26)6-12-17(22)28-16(19-12)10-3-4-11(18)13(8-10)20(23)24/h2-8H,1H3/b12-6+. The molecule has 0 radical (unpaired) electrons. The average molecular weight is 404 g/mol. The van der Waals surface area contributed by atoms with Gasteiger partial charge in [-0.1, -0.05) is 17.7 Å². The van der Waals surface area contributed by atoms with E-state index in [2.05, 4.69) is 4.99 Å². The number of nitro groups is 2. The van der Waals surface area contributed by atoms with E-state index in [1.54, 1.807) is 0 Å². The molecule has 3 rings (SSSR count). The van der Waals surface area contributed by atoms with Crippen LogP contribution in [-0.2, 0) is 9.53 Å². The molecule has 0 N–H and O–H groups in total. The predicted molar refractivity (Wildman–Crippen MR) is 98.4 cm³/mol. The molecular formula is C17H10ClN3O7. The van der Waals surface area contributed by atoms with Gasteiger partial charge in [0.15, 0.2) is 11.4 Å². The Bertz CT molecular complexity index is 1080.